The summed E-state index contributed by atoms with van der Waals surface area (Å²) in [6, 6.07) is 1.60. The van der Waals surface area contributed by atoms with Gasteiger partial charge < -0.3 is 19.7 Å². The molecule has 0 fully saturated rings. The van der Waals surface area contributed by atoms with Gasteiger partial charge in [0.25, 0.3) is 0 Å². The molecule has 1 aliphatic heterocycles. The Kier molecular flexibility index (Phi) is 3.14. The smallest absolute Gasteiger partial charge is 0.352 e. The van der Waals surface area contributed by atoms with Gasteiger partial charge >= 0.3 is 5.69 Å². The van der Waals surface area contributed by atoms with Gasteiger partial charge in [-0.2, -0.15) is 4.98 Å². The molecular weight excluding hydrogens is 228 g/mol. The topological polar surface area (TPSA) is 93.8 Å². The maximum Gasteiger partial charge on any atom is 0.352 e. The van der Waals surface area contributed by atoms with Crippen LogP contribution in [0.15, 0.2) is 10.9 Å². The maximum atomic E-state index is 11.6. The van der Waals surface area contributed by atoms with E-state index < -0.39 is 11.3 Å². The molecule has 2 rings (SSSR count). The lowest BCUT2D eigenvalue weighted by Gasteiger charge is -2.35. The average molecular weight is 242 g/mol. The largest absolute Gasteiger partial charge is 0.481 e. The van der Waals surface area contributed by atoms with Crippen molar-refractivity contribution in [2.45, 2.75) is 18.8 Å². The summed E-state index contributed by atoms with van der Waals surface area (Å²) >= 11 is 0. The zero-order chi connectivity index (χ0) is 12.5. The third-order valence-corrected chi connectivity index (χ3v) is 2.86. The fourth-order valence-electron chi connectivity index (χ4n) is 1.76. The number of hydrogen-bond donors (Lipinski definition) is 2. The summed E-state index contributed by atoms with van der Waals surface area (Å²) < 4.78 is 11.6. The third kappa shape index (κ3) is 2.04. The van der Waals surface area contributed by atoms with E-state index in [-0.39, 0.29) is 32.2 Å². The zero-order valence-electron chi connectivity index (χ0n) is 9.42. The minimum atomic E-state index is -1.04. The summed E-state index contributed by atoms with van der Waals surface area (Å²) in [5, 5.41) is 18.5. The van der Waals surface area contributed by atoms with E-state index in [0.29, 0.717) is 5.69 Å². The second kappa shape index (κ2) is 4.44. The predicted molar refractivity (Wildman–Crippen MR) is 56.7 cm³/mol. The molecule has 1 aliphatic rings. The second-order valence-electron chi connectivity index (χ2n) is 3.95. The van der Waals surface area contributed by atoms with Crippen LogP contribution in [0.3, 0.4) is 0 Å². The lowest BCUT2D eigenvalue weighted by atomic mass is 9.98. The third-order valence-electron chi connectivity index (χ3n) is 2.86. The van der Waals surface area contributed by atoms with Crippen LogP contribution in [-0.2, 0) is 17.9 Å². The van der Waals surface area contributed by atoms with Crippen molar-refractivity contribution < 1.29 is 19.7 Å². The van der Waals surface area contributed by atoms with Crippen LogP contribution >= 0.6 is 0 Å². The Balaban J connectivity index is 2.43. The highest BCUT2D eigenvalue weighted by Crippen LogP contribution is 2.23. The molecule has 0 aliphatic carbocycles. The summed E-state index contributed by atoms with van der Waals surface area (Å²) in [6.45, 7) is -0.670. The molecule has 0 radical (unpaired) electrons. The number of methoxy groups -OCH3 is 1. The Morgan fingerprint density at radius 2 is 2.29 bits per heavy atom. The monoisotopic (exact) mass is 242 g/mol. The summed E-state index contributed by atoms with van der Waals surface area (Å²) in [7, 11) is 1.42. The Hall–Kier alpha value is -1.44. The lowest BCUT2D eigenvalue weighted by molar-refractivity contribution is -0.149. The molecule has 2 heterocycles. The quantitative estimate of drug-likeness (QED) is 0.670. The normalized spacial score (nSPS) is 17.6. The van der Waals surface area contributed by atoms with Gasteiger partial charge in [0, 0.05) is 18.2 Å². The lowest BCUT2D eigenvalue weighted by Crippen LogP contribution is -2.49. The van der Waals surface area contributed by atoms with Crippen molar-refractivity contribution in [2.24, 2.45) is 0 Å². The second-order valence-corrected chi connectivity index (χ2v) is 3.95. The molecule has 1 aromatic rings. The number of ether oxygens (including phenoxy) is 2. The first-order chi connectivity index (χ1) is 8.14. The van der Waals surface area contributed by atoms with Crippen LogP contribution in [-0.4, -0.2) is 45.7 Å². The molecule has 0 amide bonds. The molecule has 0 aromatic carbocycles. The molecule has 94 valence electrons. The van der Waals surface area contributed by atoms with Crippen LogP contribution in [0.1, 0.15) is 5.69 Å². The van der Waals surface area contributed by atoms with Crippen LogP contribution in [0.4, 0.5) is 0 Å². The highest BCUT2D eigenvalue weighted by molar-refractivity contribution is 5.18. The van der Waals surface area contributed by atoms with Gasteiger partial charge in [-0.1, -0.05) is 0 Å². The molecule has 7 heteroatoms. The van der Waals surface area contributed by atoms with Gasteiger partial charge in [-0.3, -0.25) is 4.57 Å². The van der Waals surface area contributed by atoms with Crippen molar-refractivity contribution in [3.8, 4) is 5.88 Å². The summed E-state index contributed by atoms with van der Waals surface area (Å²) in [5.41, 5.74) is -0.890. The van der Waals surface area contributed by atoms with Crippen LogP contribution in [0.25, 0.3) is 0 Å². The Labute approximate surface area is 97.2 Å². The highest BCUT2D eigenvalue weighted by Gasteiger charge is 2.35. The van der Waals surface area contributed by atoms with Gasteiger partial charge in [-0.25, -0.2) is 4.79 Å². The van der Waals surface area contributed by atoms with Crippen molar-refractivity contribution in [3.63, 3.8) is 0 Å². The van der Waals surface area contributed by atoms with Crippen molar-refractivity contribution in [1.82, 2.24) is 9.55 Å². The first-order valence-corrected chi connectivity index (χ1v) is 5.14. The number of fused-ring (bicyclic) bond motifs is 1. The SMILES string of the molecule is COc1cc2n(c(=O)n1)COC(CO)(CO)C2. The first-order valence-electron chi connectivity index (χ1n) is 5.14. The Morgan fingerprint density at radius 1 is 1.59 bits per heavy atom. The van der Waals surface area contributed by atoms with E-state index in [9.17, 15) is 15.0 Å². The van der Waals surface area contributed by atoms with Crippen molar-refractivity contribution in [2.75, 3.05) is 20.3 Å². The molecule has 1 aromatic heterocycles. The number of aliphatic hydroxyl groups excluding tert-OH is 2. The number of rotatable bonds is 3. The van der Waals surface area contributed by atoms with E-state index in [1.54, 1.807) is 6.07 Å². The van der Waals surface area contributed by atoms with Crippen molar-refractivity contribution in [3.05, 3.63) is 22.2 Å². The molecule has 0 unspecified atom stereocenters. The van der Waals surface area contributed by atoms with Crippen molar-refractivity contribution in [1.29, 1.82) is 0 Å². The molecule has 0 saturated heterocycles. The van der Waals surface area contributed by atoms with Crippen LogP contribution in [0.5, 0.6) is 5.88 Å². The van der Waals surface area contributed by atoms with Crippen molar-refractivity contribution >= 4 is 0 Å². The van der Waals surface area contributed by atoms with E-state index in [4.69, 9.17) is 9.47 Å². The Morgan fingerprint density at radius 3 is 2.88 bits per heavy atom. The van der Waals surface area contributed by atoms with Gasteiger partial charge in [-0.05, 0) is 0 Å². The van der Waals surface area contributed by atoms with Gasteiger partial charge in [0.15, 0.2) is 0 Å². The van der Waals surface area contributed by atoms with E-state index in [1.807, 2.05) is 0 Å². The van der Waals surface area contributed by atoms with Gasteiger partial charge in [0.2, 0.25) is 5.88 Å². The maximum absolute atomic E-state index is 11.6. The zero-order valence-corrected chi connectivity index (χ0v) is 9.42. The summed E-state index contributed by atoms with van der Waals surface area (Å²) in [6.07, 6.45) is 0.230. The van der Waals surface area contributed by atoms with E-state index in [0.717, 1.165) is 0 Å². The highest BCUT2D eigenvalue weighted by atomic mass is 16.5. The van der Waals surface area contributed by atoms with E-state index in [2.05, 4.69) is 4.98 Å². The fraction of sp³-hybridized carbons (Fsp3) is 0.600. The number of nitrogens with zero attached hydrogens (tertiary/aromatic N) is 2. The van der Waals surface area contributed by atoms with E-state index in [1.165, 1.54) is 11.7 Å². The number of hydrogen-bond acceptors (Lipinski definition) is 6. The van der Waals surface area contributed by atoms with Gasteiger partial charge in [-0.15, -0.1) is 0 Å². The van der Waals surface area contributed by atoms with E-state index >= 15 is 0 Å². The molecular formula is C10H14N2O5. The number of aliphatic hydroxyl groups is 2. The average Bonchev–Trinajstić information content (AvgIpc) is 2.37. The minimum Gasteiger partial charge on any atom is -0.481 e. The fourth-order valence-corrected chi connectivity index (χ4v) is 1.76. The molecule has 7 nitrogen and oxygen atoms in total. The predicted octanol–water partition coefficient (Wildman–Crippen LogP) is -1.49. The summed E-state index contributed by atoms with van der Waals surface area (Å²) in [5.74, 6) is 0.216. The molecule has 0 spiro atoms. The van der Waals surface area contributed by atoms with Crippen LogP contribution in [0, 0.1) is 0 Å². The molecule has 0 atom stereocenters. The molecule has 17 heavy (non-hydrogen) atoms. The van der Waals surface area contributed by atoms with Crippen LogP contribution < -0.4 is 10.4 Å². The minimum absolute atomic E-state index is 0.0354. The number of aromatic nitrogens is 2. The molecule has 0 bridgehead atoms. The van der Waals surface area contributed by atoms with Crippen LogP contribution in [0.2, 0.25) is 0 Å². The van der Waals surface area contributed by atoms with Gasteiger partial charge in [0.1, 0.15) is 12.3 Å². The van der Waals surface area contributed by atoms with Gasteiger partial charge in [0.05, 0.1) is 20.3 Å². The first kappa shape index (κ1) is 12.0. The summed E-state index contributed by atoms with van der Waals surface area (Å²) in [4.78, 5) is 15.3. The molecule has 0 saturated carbocycles. The standard InChI is InChI=1S/C10H14N2O5/c1-16-8-2-7-3-10(4-13,5-14)17-6-12(7)9(15)11-8/h2,13-14H,3-6H2,1H3. The Bertz CT molecular complexity index is 466. The molecule has 2 N–H and O–H groups in total.